The Bertz CT molecular complexity index is 4110. The highest BCUT2D eigenvalue weighted by Gasteiger charge is 2.42. The molecule has 11 N–H and O–H groups in total. The van der Waals surface area contributed by atoms with Gasteiger partial charge in [0.25, 0.3) is 0 Å². The van der Waals surface area contributed by atoms with Gasteiger partial charge in [0, 0.05) is 111 Å². The van der Waals surface area contributed by atoms with Crippen LogP contribution in [0.15, 0.2) is 91.1 Å². The van der Waals surface area contributed by atoms with E-state index in [1.54, 1.807) is 0 Å². The molecule has 3 saturated heterocycles. The minimum Gasteiger partial charge on any atom is -0.454 e. The summed E-state index contributed by atoms with van der Waals surface area (Å²) in [6.07, 6.45) is 13.8. The standard InChI is InChI=1S/C26H31N5O3.C25H32N6O2.C23H34N6O3/c1-16-2-8-22-21(10-16)26(30-29-22)27-12-25(32)28-19-13-31(14-19)20-6-3-17(4-7-20)18-5-9-23-24(11-18)34-15-33-23;1-16-3-6-22-21(11-16)24(30-29-22)27-13-23(32)28-19-14-31(15-19)20-7-9-25(33,10-8-20)18-5-4-17(2)26-12-18;1-15-3-8-20-19(11-15)22(27-28(20)2)25-12-21(31)26-17-13-29(14-17)18-6-4-16(5-7-18)23(32)24-9-10-30/h2,5,8-11,17,19-20H,3-4,6-7,12-15H2,1H3,(H,28,32)(H2,27,29,30);3-6,11-12,19-20,33H,7-10,13-15H2,1-2H3,(H,28,32)(H2,27,29,30);3,8,11,16-18,30H,4-7,9-10,12-14H2,1-2H3,(H,24,32)(H,25,27)(H,26,31). The lowest BCUT2D eigenvalue weighted by Crippen LogP contribution is -2.63. The van der Waals surface area contributed by atoms with Crippen molar-refractivity contribution in [3.8, 4) is 11.5 Å². The van der Waals surface area contributed by atoms with Gasteiger partial charge < -0.3 is 56.9 Å². The van der Waals surface area contributed by atoms with Crippen LogP contribution < -0.4 is 46.7 Å². The Morgan fingerprint density at radius 3 is 1.59 bits per heavy atom. The van der Waals surface area contributed by atoms with Crippen LogP contribution in [0.4, 0.5) is 17.5 Å². The van der Waals surface area contributed by atoms with Gasteiger partial charge in [0.2, 0.25) is 30.4 Å². The fraction of sp³-hybridized carbons (Fsp3) is 0.514. The minimum atomic E-state index is -0.768. The van der Waals surface area contributed by atoms with E-state index in [-0.39, 0.29) is 73.9 Å². The lowest BCUT2D eigenvalue weighted by molar-refractivity contribution is -0.127. The summed E-state index contributed by atoms with van der Waals surface area (Å²) in [4.78, 5) is 61.1. The van der Waals surface area contributed by atoms with Crippen LogP contribution in [0.25, 0.3) is 32.7 Å². The SMILES string of the molecule is Cc1ccc2[nH]nc(NCC(=O)NC3CN(C4CCC(O)(c5ccc(C)nc5)CC4)C3)c2c1.Cc1ccc2[nH]nc(NCC(=O)NC3CN(C4CCC(c5ccc6c(c5)OCO6)CC4)C3)c2c1.Cc1ccc2c(c1)c(NCC(=O)NC1CN(C3CCC(C(=O)NCCO)CC3)C1)nn2C. The molecule has 4 aromatic heterocycles. The van der Waals surface area contributed by atoms with Crippen LogP contribution >= 0.6 is 0 Å². The van der Waals surface area contributed by atoms with Crippen molar-refractivity contribution in [3.63, 3.8) is 0 Å². The zero-order chi connectivity index (χ0) is 68.7. The second kappa shape index (κ2) is 30.7. The predicted molar refractivity (Wildman–Crippen MR) is 382 cm³/mol. The molecule has 3 aliphatic carbocycles. The Morgan fingerprint density at radius 2 is 1.06 bits per heavy atom. The number of likely N-dealkylation sites (tertiary alicyclic amines) is 3. The third kappa shape index (κ3) is 16.6. The second-order valence-electron chi connectivity index (χ2n) is 28.5. The van der Waals surface area contributed by atoms with E-state index >= 15 is 0 Å². The first-order valence-corrected chi connectivity index (χ1v) is 35.5. The number of fused-ring (bicyclic) bond motifs is 4. The number of hydrogen-bond acceptors (Lipinski definition) is 18. The van der Waals surface area contributed by atoms with E-state index in [9.17, 15) is 24.3 Å². The van der Waals surface area contributed by atoms with Gasteiger partial charge in [0.1, 0.15) is 0 Å². The lowest BCUT2D eigenvalue weighted by Gasteiger charge is -2.48. The summed E-state index contributed by atoms with van der Waals surface area (Å²) >= 11 is 0. The molecule has 3 saturated carbocycles. The molecule has 25 nitrogen and oxygen atoms in total. The van der Waals surface area contributed by atoms with Crippen molar-refractivity contribution in [1.29, 1.82) is 0 Å². The monoisotopic (exact) mass is 1350 g/mol. The van der Waals surface area contributed by atoms with Crippen molar-refractivity contribution < 1.29 is 38.9 Å². The van der Waals surface area contributed by atoms with Gasteiger partial charge >= 0.3 is 0 Å². The molecule has 8 aromatic rings. The van der Waals surface area contributed by atoms with E-state index in [0.717, 1.165) is 169 Å². The Balaban J connectivity index is 0.000000133. The summed E-state index contributed by atoms with van der Waals surface area (Å²) < 4.78 is 12.8. The van der Waals surface area contributed by atoms with Gasteiger partial charge in [-0.1, -0.05) is 47.0 Å². The van der Waals surface area contributed by atoms with Crippen LogP contribution in [0.5, 0.6) is 11.5 Å². The number of hydrogen-bond donors (Lipinski definition) is 11. The van der Waals surface area contributed by atoms with Gasteiger partial charge in [-0.3, -0.25) is 53.7 Å². The molecule has 0 atom stereocenters. The zero-order valence-electron chi connectivity index (χ0n) is 57.7. The number of aliphatic hydroxyl groups is 2. The number of nitrogens with one attached hydrogen (secondary N) is 9. The minimum absolute atomic E-state index is 0.0139. The third-order valence-corrected chi connectivity index (χ3v) is 21.3. The van der Waals surface area contributed by atoms with Crippen LogP contribution in [-0.4, -0.2) is 199 Å². The Kier molecular flexibility index (Phi) is 21.3. The Hall–Kier alpha value is -8.88. The molecule has 25 heteroatoms. The number of benzene rings is 4. The fourth-order valence-corrected chi connectivity index (χ4v) is 15.5. The summed E-state index contributed by atoms with van der Waals surface area (Å²) in [6.45, 7) is 14.7. The number of aliphatic hydroxyl groups excluding tert-OH is 1. The molecule has 8 heterocycles. The van der Waals surface area contributed by atoms with Crippen molar-refractivity contribution in [1.82, 2.24) is 71.1 Å². The number of nitrogens with zero attached hydrogens (tertiary/aromatic N) is 8. The maximum atomic E-state index is 12.5. The maximum Gasteiger partial charge on any atom is 0.239 e. The molecule has 4 amide bonds. The van der Waals surface area contributed by atoms with Gasteiger partial charge in [-0.2, -0.15) is 15.3 Å². The second-order valence-corrected chi connectivity index (χ2v) is 28.5. The van der Waals surface area contributed by atoms with E-state index in [1.807, 2.05) is 87.2 Å². The van der Waals surface area contributed by atoms with Gasteiger partial charge in [-0.05, 0) is 171 Å². The molecule has 15 rings (SSSR count). The van der Waals surface area contributed by atoms with E-state index in [0.29, 0.717) is 43.2 Å². The third-order valence-electron chi connectivity index (χ3n) is 21.3. The van der Waals surface area contributed by atoms with E-state index < -0.39 is 5.60 Å². The number of aryl methyl sites for hydroxylation is 5. The number of anilines is 3. The molecular weight excluding hydrogens is 1250 g/mol. The number of rotatable bonds is 20. The number of ether oxygens (including phenoxy) is 2. The molecule has 6 fully saturated rings. The van der Waals surface area contributed by atoms with Crippen molar-refractivity contribution in [3.05, 3.63) is 125 Å². The molecular formula is C74H97N17O8. The molecule has 4 aliphatic heterocycles. The summed E-state index contributed by atoms with van der Waals surface area (Å²) in [5.41, 5.74) is 8.93. The van der Waals surface area contributed by atoms with Crippen LogP contribution in [0, 0.1) is 33.6 Å². The van der Waals surface area contributed by atoms with Gasteiger partial charge in [0.15, 0.2) is 29.0 Å². The highest BCUT2D eigenvalue weighted by molar-refractivity contribution is 5.94. The van der Waals surface area contributed by atoms with Crippen LogP contribution in [-0.2, 0) is 31.8 Å². The zero-order valence-corrected chi connectivity index (χ0v) is 57.7. The maximum absolute atomic E-state index is 12.5. The van der Waals surface area contributed by atoms with Crippen LogP contribution in [0.2, 0.25) is 0 Å². The highest BCUT2D eigenvalue weighted by atomic mass is 16.7. The van der Waals surface area contributed by atoms with E-state index in [4.69, 9.17) is 14.6 Å². The number of aromatic nitrogens is 7. The molecule has 0 spiro atoms. The topological polar surface area (TPSA) is 309 Å². The first-order valence-electron chi connectivity index (χ1n) is 35.5. The molecule has 526 valence electrons. The summed E-state index contributed by atoms with van der Waals surface area (Å²) in [7, 11) is 1.90. The van der Waals surface area contributed by atoms with E-state index in [1.165, 1.54) is 36.8 Å². The van der Waals surface area contributed by atoms with Crippen LogP contribution in [0.1, 0.15) is 116 Å². The number of carbonyl (C=O) groups is 4. The van der Waals surface area contributed by atoms with Gasteiger partial charge in [-0.25, -0.2) is 0 Å². The van der Waals surface area contributed by atoms with Crippen molar-refractivity contribution in [2.24, 2.45) is 13.0 Å². The molecule has 4 aromatic carbocycles. The van der Waals surface area contributed by atoms with Gasteiger partial charge in [-0.15, -0.1) is 0 Å². The number of pyridine rings is 1. The molecule has 0 unspecified atom stereocenters. The Labute approximate surface area is 577 Å². The number of H-pyrrole nitrogens is 2. The molecule has 7 aliphatic rings. The normalized spacial score (nSPS) is 22.8. The predicted octanol–water partition coefficient (Wildman–Crippen LogP) is 6.92. The van der Waals surface area contributed by atoms with Gasteiger partial charge in [0.05, 0.1) is 66.5 Å². The van der Waals surface area contributed by atoms with Crippen molar-refractivity contribution in [2.75, 3.05) is 94.8 Å². The number of amides is 4. The average Bonchev–Trinajstić information content (AvgIpc) is 1.80. The quantitative estimate of drug-likeness (QED) is 0.0369. The smallest absolute Gasteiger partial charge is 0.239 e. The Morgan fingerprint density at radius 1 is 0.566 bits per heavy atom. The highest BCUT2D eigenvalue weighted by Crippen LogP contribution is 2.42. The fourth-order valence-electron chi connectivity index (χ4n) is 15.5. The average molecular weight is 1350 g/mol. The summed E-state index contributed by atoms with van der Waals surface area (Å²) in [5.74, 6) is 4.59. The summed E-state index contributed by atoms with van der Waals surface area (Å²) in [6, 6.07) is 30.9. The molecule has 0 bridgehead atoms. The number of carbonyl (C=O) groups excluding carboxylic acids is 4. The lowest BCUT2D eigenvalue weighted by atomic mass is 9.77. The first kappa shape index (κ1) is 68.6. The number of aromatic amines is 2. The van der Waals surface area contributed by atoms with Crippen molar-refractivity contribution in [2.45, 2.75) is 153 Å². The van der Waals surface area contributed by atoms with Crippen molar-refractivity contribution >= 4 is 73.8 Å². The first-order chi connectivity index (χ1) is 48.0. The molecule has 0 radical (unpaired) electrons. The largest absolute Gasteiger partial charge is 0.454 e. The summed E-state index contributed by atoms with van der Waals surface area (Å²) in [5, 5.41) is 63.7. The van der Waals surface area contributed by atoms with E-state index in [2.05, 4.69) is 126 Å². The molecule has 99 heavy (non-hydrogen) atoms. The van der Waals surface area contributed by atoms with Crippen LogP contribution in [0.3, 0.4) is 0 Å².